The van der Waals surface area contributed by atoms with Gasteiger partial charge in [0.1, 0.15) is 11.6 Å². The van der Waals surface area contributed by atoms with E-state index >= 15 is 8.78 Å². The van der Waals surface area contributed by atoms with Crippen molar-refractivity contribution in [1.29, 1.82) is 0 Å². The number of hydrogen-bond donors (Lipinski definition) is 0. The largest absolute Gasteiger partial charge is 0.307 e. The second-order valence-electron chi connectivity index (χ2n) is 24.0. The van der Waals surface area contributed by atoms with Gasteiger partial charge in [0.25, 0.3) is 0 Å². The first-order chi connectivity index (χ1) is 38.4. The quantitative estimate of drug-likeness (QED) is 0.126. The van der Waals surface area contributed by atoms with Gasteiger partial charge < -0.3 is 9.80 Å². The summed E-state index contributed by atoms with van der Waals surface area (Å²) < 4.78 is 36.3. The van der Waals surface area contributed by atoms with Gasteiger partial charge in [-0.2, -0.15) is 0 Å². The molecule has 0 saturated heterocycles. The molecule has 0 aliphatic carbocycles. The smallest absolute Gasteiger partial charge is 0.148 e. The molecule has 0 saturated carbocycles. The van der Waals surface area contributed by atoms with E-state index < -0.39 is 0 Å². The van der Waals surface area contributed by atoms with Gasteiger partial charge in [-0.25, -0.2) is 8.78 Å². The number of nitrogens with zero attached hydrogens (tertiary/aromatic N) is 2. The summed E-state index contributed by atoms with van der Waals surface area (Å²) in [6.07, 6.45) is 0. The van der Waals surface area contributed by atoms with Crippen LogP contribution in [0.3, 0.4) is 0 Å². The van der Waals surface area contributed by atoms with Crippen LogP contribution in [-0.4, -0.2) is 0 Å². The molecule has 0 spiro atoms. The molecular weight excluding hydrogens is 979 g/mol. The standard InChI is InChI=1S/C76H66F2N2/c1-47-11-19-51(20-12-47)57-43-65(53-23-15-49(3)16-24-53)73(67(77)45-57)79(61-35-31-59(32-36-61)75(5,6)7)69-41-29-55-28-40-64-70(42-30-56-27-39-63(69)71(55)72(56)64)80(62-37-33-60(34-38-62)76(8,9)10)74-66(54-25-17-50(4)18-26-54)44-58(46-68(74)78)52-21-13-48(2)14-22-52/h11-46H,1-10H3. The third-order valence-corrected chi connectivity index (χ3v) is 16.2. The van der Waals surface area contributed by atoms with Gasteiger partial charge in [-0.15, -0.1) is 0 Å². The highest BCUT2D eigenvalue weighted by atomic mass is 19.1. The van der Waals surface area contributed by atoms with Gasteiger partial charge in [0.2, 0.25) is 0 Å². The van der Waals surface area contributed by atoms with Crippen molar-refractivity contribution in [2.24, 2.45) is 0 Å². The normalized spacial score (nSPS) is 12.0. The number of benzene rings is 12. The average molecular weight is 1050 g/mol. The maximum Gasteiger partial charge on any atom is 0.148 e. The molecule has 0 atom stereocenters. The van der Waals surface area contributed by atoms with Gasteiger partial charge in [0.05, 0.1) is 22.7 Å². The number of halogens is 2. The zero-order valence-corrected chi connectivity index (χ0v) is 47.4. The SMILES string of the molecule is Cc1ccc(-c2cc(F)c(N(c3ccc(C(C)(C)C)cc3)c3ccc4ccc5c(N(c6ccc(C(C)(C)C)cc6)c6c(F)cc(-c7ccc(C)cc7)cc6-c6ccc(C)cc6)ccc6ccc3c4c65)c(-c3ccc(C)cc3)c2)cc1. The maximum absolute atomic E-state index is 18.1. The lowest BCUT2D eigenvalue weighted by Gasteiger charge is -2.32. The van der Waals surface area contributed by atoms with Gasteiger partial charge in [-0.1, -0.05) is 222 Å². The molecule has 0 aromatic heterocycles. The lowest BCUT2D eigenvalue weighted by atomic mass is 9.86. The Balaban J connectivity index is 1.13. The predicted octanol–water partition coefficient (Wildman–Crippen LogP) is 22.3. The monoisotopic (exact) mass is 1040 g/mol. The zero-order chi connectivity index (χ0) is 55.8. The molecule has 0 bridgehead atoms. The average Bonchev–Trinajstić information content (AvgIpc) is 3.55. The summed E-state index contributed by atoms with van der Waals surface area (Å²) in [4.78, 5) is 4.26. The predicted molar refractivity (Wildman–Crippen MR) is 338 cm³/mol. The second kappa shape index (κ2) is 20.1. The minimum absolute atomic E-state index is 0.0997. The summed E-state index contributed by atoms with van der Waals surface area (Å²) in [6, 6.07) is 75.7. The Hall–Kier alpha value is -8.86. The third-order valence-electron chi connectivity index (χ3n) is 16.2. The number of aryl methyl sites for hydroxylation is 4. The fourth-order valence-electron chi connectivity index (χ4n) is 11.5. The van der Waals surface area contributed by atoms with E-state index in [0.29, 0.717) is 11.4 Å². The summed E-state index contributed by atoms with van der Waals surface area (Å²) in [7, 11) is 0. The van der Waals surface area contributed by atoms with Crippen molar-refractivity contribution in [3.8, 4) is 44.5 Å². The minimum atomic E-state index is -0.334. The van der Waals surface area contributed by atoms with Crippen molar-refractivity contribution in [3.05, 3.63) is 263 Å². The molecule has 12 aromatic rings. The van der Waals surface area contributed by atoms with Gasteiger partial charge in [-0.3, -0.25) is 0 Å². The molecule has 0 N–H and O–H groups in total. The minimum Gasteiger partial charge on any atom is -0.307 e. The maximum atomic E-state index is 18.1. The summed E-state index contributed by atoms with van der Waals surface area (Å²) in [6.45, 7) is 21.6. The van der Waals surface area contributed by atoms with Crippen LogP contribution in [0.25, 0.3) is 76.8 Å². The van der Waals surface area contributed by atoms with Crippen LogP contribution in [0.5, 0.6) is 0 Å². The molecule has 394 valence electrons. The number of anilines is 6. The molecule has 0 unspecified atom stereocenters. The van der Waals surface area contributed by atoms with Crippen LogP contribution in [0.4, 0.5) is 42.9 Å². The van der Waals surface area contributed by atoms with Crippen molar-refractivity contribution in [1.82, 2.24) is 0 Å². The van der Waals surface area contributed by atoms with E-state index in [0.717, 1.165) is 122 Å². The van der Waals surface area contributed by atoms with E-state index in [1.54, 1.807) is 12.1 Å². The van der Waals surface area contributed by atoms with Crippen LogP contribution in [0.15, 0.2) is 218 Å². The Bertz CT molecular complexity index is 3980. The molecule has 80 heavy (non-hydrogen) atoms. The van der Waals surface area contributed by atoms with Crippen LogP contribution < -0.4 is 9.80 Å². The van der Waals surface area contributed by atoms with Crippen molar-refractivity contribution in [2.75, 3.05) is 9.80 Å². The van der Waals surface area contributed by atoms with Crippen molar-refractivity contribution in [2.45, 2.75) is 80.1 Å². The van der Waals surface area contributed by atoms with Gasteiger partial charge in [0, 0.05) is 33.3 Å². The molecule has 4 heteroatoms. The summed E-state index contributed by atoms with van der Waals surface area (Å²) in [5, 5.41) is 6.11. The summed E-state index contributed by atoms with van der Waals surface area (Å²) in [5.74, 6) is -0.668. The molecule has 2 nitrogen and oxygen atoms in total. The first kappa shape index (κ1) is 51.9. The Morgan fingerprint density at radius 3 is 0.912 bits per heavy atom. The van der Waals surface area contributed by atoms with Crippen LogP contribution in [-0.2, 0) is 10.8 Å². The van der Waals surface area contributed by atoms with Gasteiger partial charge in [-0.05, 0) is 165 Å². The second-order valence-corrected chi connectivity index (χ2v) is 24.0. The van der Waals surface area contributed by atoms with E-state index in [-0.39, 0.29) is 22.5 Å². The molecule has 0 aliphatic rings. The van der Waals surface area contributed by atoms with Gasteiger partial charge >= 0.3 is 0 Å². The Morgan fingerprint density at radius 2 is 0.600 bits per heavy atom. The Kier molecular flexibility index (Phi) is 13.0. The lowest BCUT2D eigenvalue weighted by Crippen LogP contribution is -2.16. The molecule has 0 amide bonds. The van der Waals surface area contributed by atoms with Crippen LogP contribution >= 0.6 is 0 Å². The molecule has 12 aromatic carbocycles. The van der Waals surface area contributed by atoms with Crippen LogP contribution in [0.2, 0.25) is 0 Å². The van der Waals surface area contributed by atoms with E-state index in [1.807, 2.05) is 0 Å². The van der Waals surface area contributed by atoms with E-state index in [1.165, 1.54) is 11.1 Å². The zero-order valence-electron chi connectivity index (χ0n) is 47.4. The molecule has 0 fully saturated rings. The molecule has 12 rings (SSSR count). The van der Waals surface area contributed by atoms with Crippen molar-refractivity contribution >= 4 is 66.4 Å². The summed E-state index contributed by atoms with van der Waals surface area (Å²) >= 11 is 0. The Morgan fingerprint density at radius 1 is 0.300 bits per heavy atom. The fourth-order valence-corrected chi connectivity index (χ4v) is 11.5. The molecule has 0 aliphatic heterocycles. The van der Waals surface area contributed by atoms with E-state index in [4.69, 9.17) is 0 Å². The third kappa shape index (κ3) is 9.57. The fraction of sp³-hybridized carbons (Fsp3) is 0.158. The Labute approximate surface area is 470 Å². The van der Waals surface area contributed by atoms with E-state index in [2.05, 4.69) is 285 Å². The van der Waals surface area contributed by atoms with Crippen LogP contribution in [0.1, 0.15) is 74.9 Å². The highest BCUT2D eigenvalue weighted by Crippen LogP contribution is 2.52. The molecular formula is C76H66F2N2. The number of hydrogen-bond acceptors (Lipinski definition) is 2. The molecule has 0 heterocycles. The van der Waals surface area contributed by atoms with Crippen molar-refractivity contribution < 1.29 is 8.78 Å². The highest BCUT2D eigenvalue weighted by molar-refractivity contribution is 6.28. The number of rotatable bonds is 10. The van der Waals surface area contributed by atoms with Crippen molar-refractivity contribution in [3.63, 3.8) is 0 Å². The lowest BCUT2D eigenvalue weighted by molar-refractivity contribution is 0.590. The topological polar surface area (TPSA) is 6.48 Å². The van der Waals surface area contributed by atoms with Gasteiger partial charge in [0.15, 0.2) is 0 Å². The van der Waals surface area contributed by atoms with Crippen LogP contribution in [0, 0.1) is 39.3 Å². The first-order valence-corrected chi connectivity index (χ1v) is 27.8. The summed E-state index contributed by atoms with van der Waals surface area (Å²) in [5.41, 5.74) is 17.9. The highest BCUT2D eigenvalue weighted by Gasteiger charge is 2.29. The van der Waals surface area contributed by atoms with E-state index in [9.17, 15) is 0 Å². The molecule has 0 radical (unpaired) electrons. The first-order valence-electron chi connectivity index (χ1n) is 27.8.